The quantitative estimate of drug-likeness (QED) is 0.313. The summed E-state index contributed by atoms with van der Waals surface area (Å²) in [5.74, 6) is 0. The molecule has 184 valence electrons. The normalized spacial score (nSPS) is 13.0. The lowest BCUT2D eigenvalue weighted by atomic mass is 10.1. The predicted octanol–water partition coefficient (Wildman–Crippen LogP) is 5.60. The number of likely N-dealkylation sites (N-methyl/N-ethyl adjacent to an activating group) is 1. The zero-order valence-electron chi connectivity index (χ0n) is 20.5. The average molecular weight is 519 g/mol. The lowest BCUT2D eigenvalue weighted by Gasteiger charge is -2.24. The molecule has 2 aromatic carbocycles. The van der Waals surface area contributed by atoms with Crippen LogP contribution in [0.4, 0.5) is 0 Å². The maximum Gasteiger partial charge on any atom is 0.323 e. The number of halogens is 2. The van der Waals surface area contributed by atoms with Crippen molar-refractivity contribution in [3.63, 3.8) is 0 Å². The Morgan fingerprint density at radius 3 is 2.56 bits per heavy atom. The molecule has 4 rings (SSSR count). The molecule has 0 saturated carbocycles. The highest BCUT2D eigenvalue weighted by Crippen LogP contribution is 2.25. The van der Waals surface area contributed by atoms with Crippen LogP contribution in [0.3, 0.4) is 0 Å². The number of benzene rings is 2. The van der Waals surface area contributed by atoms with Crippen molar-refractivity contribution < 1.29 is 0 Å². The van der Waals surface area contributed by atoms with Gasteiger partial charge in [0.2, 0.25) is 0 Å². The zero-order valence-corrected chi connectivity index (χ0v) is 22.0. The van der Waals surface area contributed by atoms with Crippen LogP contribution >= 0.6 is 23.2 Å². The van der Waals surface area contributed by atoms with Gasteiger partial charge in [0.1, 0.15) is 0 Å². The van der Waals surface area contributed by atoms with Crippen molar-refractivity contribution in [3.05, 3.63) is 121 Å². The summed E-state index contributed by atoms with van der Waals surface area (Å²) in [6.07, 6.45) is 7.94. The minimum Gasteiger partial charge on any atom is -0.370 e. The number of allylic oxidation sites excluding steroid dienone is 4. The molecule has 0 saturated heterocycles. The molecule has 0 spiro atoms. The van der Waals surface area contributed by atoms with Gasteiger partial charge >= 0.3 is 5.69 Å². The van der Waals surface area contributed by atoms with Crippen LogP contribution in [0, 0.1) is 6.92 Å². The molecule has 0 aliphatic heterocycles. The van der Waals surface area contributed by atoms with Crippen molar-refractivity contribution in [1.82, 2.24) is 19.4 Å². The monoisotopic (exact) mass is 518 g/mol. The van der Waals surface area contributed by atoms with E-state index < -0.39 is 0 Å². The molecule has 0 radical (unpaired) electrons. The Hall–Kier alpha value is -3.67. The van der Waals surface area contributed by atoms with Crippen molar-refractivity contribution >= 4 is 46.9 Å². The topological polar surface area (TPSA) is 56.8 Å². The number of nitrogens with zero attached hydrogens (tertiary/aromatic N) is 2. The molecule has 2 heterocycles. The van der Waals surface area contributed by atoms with Crippen LogP contribution in [-0.4, -0.2) is 26.5 Å². The maximum atomic E-state index is 11.8. The minimum absolute atomic E-state index is 0.227. The lowest BCUT2D eigenvalue weighted by molar-refractivity contribution is 0.421. The van der Waals surface area contributed by atoms with E-state index in [1.165, 1.54) is 0 Å². The summed E-state index contributed by atoms with van der Waals surface area (Å²) in [6.45, 7) is 12.9. The number of fused-ring (bicyclic) bond motifs is 1. The van der Waals surface area contributed by atoms with Gasteiger partial charge < -0.3 is 19.4 Å². The molecular formula is C29H28Cl2N4O. The summed E-state index contributed by atoms with van der Waals surface area (Å²) in [6, 6.07) is 13.4. The molecule has 5 nitrogen and oxygen atoms in total. The summed E-state index contributed by atoms with van der Waals surface area (Å²) in [7, 11) is 2.02. The summed E-state index contributed by atoms with van der Waals surface area (Å²) >= 11 is 12.5. The fraction of sp³-hybridized carbons (Fsp3) is 0.138. The second-order valence-corrected chi connectivity index (χ2v) is 9.45. The molecule has 0 unspecified atom stereocenters. The first-order valence-corrected chi connectivity index (χ1v) is 12.2. The third-order valence-electron chi connectivity index (χ3n) is 6.07. The van der Waals surface area contributed by atoms with Crippen molar-refractivity contribution in [2.24, 2.45) is 0 Å². The molecule has 0 amide bonds. The molecule has 0 fully saturated rings. The average Bonchev–Trinajstić information content (AvgIpc) is 3.34. The van der Waals surface area contributed by atoms with Crippen molar-refractivity contribution in [3.8, 4) is 5.69 Å². The SMILES string of the molecule is C=C/C=C(C(=C/C)/C=c1\c(=C)cc(C)n1-c1ccc2[nH]c(=O)[nH]c2c1)\N(C)Cc1ccc(Cl)cc1Cl. The number of aromatic amines is 2. The van der Waals surface area contributed by atoms with Crippen molar-refractivity contribution in [2.45, 2.75) is 20.4 Å². The summed E-state index contributed by atoms with van der Waals surface area (Å²) < 4.78 is 2.14. The first kappa shape index (κ1) is 25.4. The number of aryl methyl sites for hydroxylation is 1. The number of nitrogens with one attached hydrogen (secondary N) is 2. The van der Waals surface area contributed by atoms with Crippen molar-refractivity contribution in [1.29, 1.82) is 0 Å². The Morgan fingerprint density at radius 2 is 1.86 bits per heavy atom. The molecule has 7 heteroatoms. The van der Waals surface area contributed by atoms with Gasteiger partial charge in [-0.15, -0.1) is 0 Å². The first-order chi connectivity index (χ1) is 17.2. The Labute approximate surface area is 220 Å². The van der Waals surface area contributed by atoms with E-state index in [1.54, 1.807) is 12.1 Å². The van der Waals surface area contributed by atoms with Crippen LogP contribution in [0.5, 0.6) is 0 Å². The van der Waals surface area contributed by atoms with E-state index in [-0.39, 0.29) is 5.69 Å². The van der Waals surface area contributed by atoms with Crippen LogP contribution in [0.25, 0.3) is 29.4 Å². The molecule has 2 aromatic heterocycles. The van der Waals surface area contributed by atoms with E-state index in [0.717, 1.165) is 49.8 Å². The largest absolute Gasteiger partial charge is 0.370 e. The van der Waals surface area contributed by atoms with E-state index >= 15 is 0 Å². The third-order valence-corrected chi connectivity index (χ3v) is 6.66. The van der Waals surface area contributed by atoms with Crippen LogP contribution in [0.2, 0.25) is 10.0 Å². The van der Waals surface area contributed by atoms with Crippen LogP contribution < -0.4 is 16.3 Å². The van der Waals surface area contributed by atoms with Gasteiger partial charge in [-0.25, -0.2) is 4.79 Å². The molecule has 0 aliphatic carbocycles. The smallest absolute Gasteiger partial charge is 0.323 e. The Kier molecular flexibility index (Phi) is 7.43. The van der Waals surface area contributed by atoms with E-state index in [9.17, 15) is 4.79 Å². The van der Waals surface area contributed by atoms with Crippen molar-refractivity contribution in [2.75, 3.05) is 7.05 Å². The van der Waals surface area contributed by atoms with Gasteiger partial charge in [-0.2, -0.15) is 0 Å². The van der Waals surface area contributed by atoms with Gasteiger partial charge in [0.25, 0.3) is 0 Å². The second kappa shape index (κ2) is 10.5. The van der Waals surface area contributed by atoms with Gasteiger partial charge in [-0.3, -0.25) is 0 Å². The highest BCUT2D eigenvalue weighted by atomic mass is 35.5. The summed E-state index contributed by atoms with van der Waals surface area (Å²) in [4.78, 5) is 19.5. The number of hydrogen-bond acceptors (Lipinski definition) is 2. The Bertz CT molecular complexity index is 1680. The first-order valence-electron chi connectivity index (χ1n) is 11.5. The van der Waals surface area contributed by atoms with Gasteiger partial charge in [0.05, 0.1) is 16.4 Å². The molecular weight excluding hydrogens is 491 g/mol. The molecule has 4 aromatic rings. The van der Waals surface area contributed by atoms with E-state index in [1.807, 2.05) is 57.3 Å². The zero-order chi connectivity index (χ0) is 26.0. The van der Waals surface area contributed by atoms with Crippen LogP contribution in [0.1, 0.15) is 18.2 Å². The molecule has 0 atom stereocenters. The van der Waals surface area contributed by atoms with Crippen LogP contribution in [0.15, 0.2) is 83.3 Å². The fourth-order valence-corrected chi connectivity index (χ4v) is 4.85. The number of imidazole rings is 1. The van der Waals surface area contributed by atoms with Gasteiger partial charge in [0, 0.05) is 40.7 Å². The highest BCUT2D eigenvalue weighted by Gasteiger charge is 2.13. The van der Waals surface area contributed by atoms with E-state index in [0.29, 0.717) is 16.6 Å². The summed E-state index contributed by atoms with van der Waals surface area (Å²) in [5.41, 5.74) is 6.21. The standard InChI is InChI=1S/C29H28Cl2N4O/c1-6-8-27(34(5)17-21-9-10-22(30)15-24(21)31)20(7-2)14-28-18(3)13-19(4)35(28)23-11-12-25-26(16-23)33-29(36)32-25/h6-16H,1,3,17H2,2,4-5H3,(H2,32,33,36)/b20-7+,27-8-,28-14+. The maximum absolute atomic E-state index is 11.8. The summed E-state index contributed by atoms with van der Waals surface area (Å²) in [5, 5.41) is 3.08. The second-order valence-electron chi connectivity index (χ2n) is 8.61. The molecule has 0 aliphatic rings. The third kappa shape index (κ3) is 5.13. The Balaban J connectivity index is 1.79. The number of hydrogen-bond donors (Lipinski definition) is 2. The molecule has 0 bridgehead atoms. The number of aromatic nitrogens is 3. The Morgan fingerprint density at radius 1 is 1.11 bits per heavy atom. The highest BCUT2D eigenvalue weighted by molar-refractivity contribution is 6.35. The molecule has 36 heavy (non-hydrogen) atoms. The van der Waals surface area contributed by atoms with Crippen LogP contribution in [-0.2, 0) is 6.54 Å². The van der Waals surface area contributed by atoms with Gasteiger partial charge in [-0.05, 0) is 78.8 Å². The number of rotatable bonds is 7. The minimum atomic E-state index is -0.227. The number of H-pyrrole nitrogens is 2. The van der Waals surface area contributed by atoms with E-state index in [4.69, 9.17) is 23.2 Å². The van der Waals surface area contributed by atoms with Gasteiger partial charge in [-0.1, -0.05) is 54.6 Å². The molecule has 2 N–H and O–H groups in total. The predicted molar refractivity (Wildman–Crippen MR) is 152 cm³/mol. The van der Waals surface area contributed by atoms with E-state index in [2.05, 4.69) is 50.8 Å². The lowest BCUT2D eigenvalue weighted by Crippen LogP contribution is -2.28. The van der Waals surface area contributed by atoms with Gasteiger partial charge in [0.15, 0.2) is 0 Å². The fourth-order valence-electron chi connectivity index (χ4n) is 4.38.